The number of Topliss-reactive ketones (excluding diaryl/α,β-unsaturated/α-hetero) is 1. The van der Waals surface area contributed by atoms with Crippen LogP contribution in [0.5, 0.6) is 0 Å². The molecule has 4 heteroatoms. The number of benzene rings is 2. The van der Waals surface area contributed by atoms with E-state index in [9.17, 15) is 4.79 Å². The predicted molar refractivity (Wildman–Crippen MR) is 84.2 cm³/mol. The maximum atomic E-state index is 12.0. The van der Waals surface area contributed by atoms with Gasteiger partial charge in [-0.1, -0.05) is 53.0 Å². The number of carbonyl (C=O) groups excluding carboxylic acids is 1. The summed E-state index contributed by atoms with van der Waals surface area (Å²) in [4.78, 5) is 12.0. The Hall–Kier alpha value is -1.02. The Morgan fingerprint density at radius 1 is 0.900 bits per heavy atom. The lowest BCUT2D eigenvalue weighted by atomic mass is 9.85. The van der Waals surface area contributed by atoms with Crippen LogP contribution in [-0.2, 0) is 6.42 Å². The van der Waals surface area contributed by atoms with Gasteiger partial charge in [-0.3, -0.25) is 4.79 Å². The van der Waals surface area contributed by atoms with Crippen molar-refractivity contribution in [1.29, 1.82) is 0 Å². The van der Waals surface area contributed by atoms with Crippen LogP contribution in [0, 0.1) is 0 Å². The van der Waals surface area contributed by atoms with Crippen LogP contribution < -0.4 is 0 Å². The van der Waals surface area contributed by atoms with Gasteiger partial charge < -0.3 is 0 Å². The zero-order valence-electron chi connectivity index (χ0n) is 10.6. The molecule has 0 atom stereocenters. The van der Waals surface area contributed by atoms with E-state index in [2.05, 4.69) is 0 Å². The Balaban J connectivity index is 2.26. The summed E-state index contributed by atoms with van der Waals surface area (Å²) in [7, 11) is 0. The van der Waals surface area contributed by atoms with Crippen LogP contribution in [0.2, 0.25) is 15.1 Å². The number of carbonyl (C=O) groups is 1. The van der Waals surface area contributed by atoms with E-state index in [1.165, 1.54) is 0 Å². The molecule has 1 aliphatic carbocycles. The first kappa shape index (κ1) is 13.9. The first-order valence-electron chi connectivity index (χ1n) is 6.38. The molecule has 0 bridgehead atoms. The molecule has 0 unspecified atom stereocenters. The van der Waals surface area contributed by atoms with E-state index in [1.54, 1.807) is 12.1 Å². The van der Waals surface area contributed by atoms with Gasteiger partial charge in [-0.25, -0.2) is 0 Å². The highest BCUT2D eigenvalue weighted by Crippen LogP contribution is 2.41. The summed E-state index contributed by atoms with van der Waals surface area (Å²) in [6.07, 6.45) is 2.34. The number of hydrogen-bond acceptors (Lipinski definition) is 1. The van der Waals surface area contributed by atoms with Crippen molar-refractivity contribution in [2.24, 2.45) is 0 Å². The van der Waals surface area contributed by atoms with Gasteiger partial charge in [0.2, 0.25) is 0 Å². The summed E-state index contributed by atoms with van der Waals surface area (Å²) < 4.78 is 0. The molecule has 2 aromatic rings. The van der Waals surface area contributed by atoms with Crippen LogP contribution in [-0.4, -0.2) is 5.78 Å². The molecule has 0 aromatic heterocycles. The quantitative estimate of drug-likeness (QED) is 0.644. The molecule has 0 amide bonds. The zero-order chi connectivity index (χ0) is 14.3. The monoisotopic (exact) mass is 324 g/mol. The van der Waals surface area contributed by atoms with E-state index in [1.807, 2.05) is 18.2 Å². The van der Waals surface area contributed by atoms with Crippen LogP contribution in [0.25, 0.3) is 11.1 Å². The molecule has 20 heavy (non-hydrogen) atoms. The molecule has 0 radical (unpaired) electrons. The summed E-state index contributed by atoms with van der Waals surface area (Å²) in [5, 5.41) is 1.52. The SMILES string of the molecule is O=C1CCCc2c1cccc2-c1c(Cl)cc(Cl)cc1Cl. The third-order valence-corrected chi connectivity index (χ3v) is 4.40. The van der Waals surface area contributed by atoms with Crippen LogP contribution >= 0.6 is 34.8 Å². The van der Waals surface area contributed by atoms with Crippen molar-refractivity contribution in [3.05, 3.63) is 56.5 Å². The fourth-order valence-electron chi connectivity index (χ4n) is 2.71. The molecule has 0 saturated carbocycles. The highest BCUT2D eigenvalue weighted by atomic mass is 35.5. The fraction of sp³-hybridized carbons (Fsp3) is 0.188. The van der Waals surface area contributed by atoms with Crippen molar-refractivity contribution in [3.63, 3.8) is 0 Å². The van der Waals surface area contributed by atoms with Crippen molar-refractivity contribution in [1.82, 2.24) is 0 Å². The largest absolute Gasteiger partial charge is 0.294 e. The maximum Gasteiger partial charge on any atom is 0.163 e. The van der Waals surface area contributed by atoms with Gasteiger partial charge >= 0.3 is 0 Å². The first-order valence-corrected chi connectivity index (χ1v) is 7.51. The summed E-state index contributed by atoms with van der Waals surface area (Å²) in [5.74, 6) is 0.189. The van der Waals surface area contributed by atoms with E-state index in [-0.39, 0.29) is 5.78 Å². The molecule has 3 rings (SSSR count). The molecule has 0 heterocycles. The van der Waals surface area contributed by atoms with E-state index < -0.39 is 0 Å². The van der Waals surface area contributed by atoms with Crippen LogP contribution in [0.15, 0.2) is 30.3 Å². The highest BCUT2D eigenvalue weighted by Gasteiger charge is 2.22. The van der Waals surface area contributed by atoms with E-state index in [0.717, 1.165) is 35.1 Å². The lowest BCUT2D eigenvalue weighted by Gasteiger charge is -2.20. The third-order valence-electron chi connectivity index (χ3n) is 3.58. The minimum absolute atomic E-state index is 0.189. The van der Waals surface area contributed by atoms with Crippen molar-refractivity contribution in [2.75, 3.05) is 0 Å². The van der Waals surface area contributed by atoms with Crippen molar-refractivity contribution in [2.45, 2.75) is 19.3 Å². The molecule has 0 aliphatic heterocycles. The second-order valence-corrected chi connectivity index (χ2v) is 6.10. The second-order valence-electron chi connectivity index (χ2n) is 4.85. The van der Waals surface area contributed by atoms with Crippen molar-refractivity contribution in [3.8, 4) is 11.1 Å². The normalized spacial score (nSPS) is 14.2. The Labute approximate surface area is 132 Å². The Bertz CT molecular complexity index is 684. The Morgan fingerprint density at radius 2 is 1.55 bits per heavy atom. The predicted octanol–water partition coefficient (Wildman–Crippen LogP) is 5.83. The lowest BCUT2D eigenvalue weighted by Crippen LogP contribution is -2.11. The molecular formula is C16H11Cl3O. The molecule has 0 spiro atoms. The summed E-state index contributed by atoms with van der Waals surface area (Å²) in [6, 6.07) is 9.05. The third kappa shape index (κ3) is 2.35. The van der Waals surface area contributed by atoms with Crippen molar-refractivity contribution >= 4 is 40.6 Å². The molecule has 1 aliphatic rings. The van der Waals surface area contributed by atoms with E-state index in [4.69, 9.17) is 34.8 Å². The van der Waals surface area contributed by atoms with Gasteiger partial charge in [-0.05, 0) is 36.1 Å². The average molecular weight is 326 g/mol. The summed E-state index contributed by atoms with van der Waals surface area (Å²) in [5.41, 5.74) is 3.51. The molecule has 0 N–H and O–H groups in total. The molecule has 0 saturated heterocycles. The fourth-order valence-corrected chi connectivity index (χ4v) is 3.73. The minimum Gasteiger partial charge on any atom is -0.294 e. The maximum absolute atomic E-state index is 12.0. The van der Waals surface area contributed by atoms with Crippen LogP contribution in [0.4, 0.5) is 0 Å². The first-order chi connectivity index (χ1) is 9.58. The summed E-state index contributed by atoms with van der Waals surface area (Å²) in [6.45, 7) is 0. The van der Waals surface area contributed by atoms with Gasteiger partial charge in [0.25, 0.3) is 0 Å². The van der Waals surface area contributed by atoms with Crippen LogP contribution in [0.3, 0.4) is 0 Å². The number of fused-ring (bicyclic) bond motifs is 1. The highest BCUT2D eigenvalue weighted by molar-refractivity contribution is 6.41. The summed E-state index contributed by atoms with van der Waals surface area (Å²) >= 11 is 18.5. The van der Waals surface area contributed by atoms with E-state index in [0.29, 0.717) is 21.5 Å². The minimum atomic E-state index is 0.189. The number of ketones is 1. The van der Waals surface area contributed by atoms with Gasteiger partial charge in [0.1, 0.15) is 0 Å². The van der Waals surface area contributed by atoms with E-state index >= 15 is 0 Å². The average Bonchev–Trinajstić information content (AvgIpc) is 2.38. The van der Waals surface area contributed by atoms with Crippen LogP contribution in [0.1, 0.15) is 28.8 Å². The Kier molecular flexibility index (Phi) is 3.76. The van der Waals surface area contributed by atoms with Gasteiger partial charge in [-0.15, -0.1) is 0 Å². The van der Waals surface area contributed by atoms with Gasteiger partial charge in [-0.2, -0.15) is 0 Å². The topological polar surface area (TPSA) is 17.1 Å². The number of hydrogen-bond donors (Lipinski definition) is 0. The molecule has 1 nitrogen and oxygen atoms in total. The standard InChI is InChI=1S/C16H11Cl3O/c17-9-7-13(18)16(14(19)8-9)12-5-1-4-11-10(12)3-2-6-15(11)20/h1,4-5,7-8H,2-3,6H2. The van der Waals surface area contributed by atoms with Crippen molar-refractivity contribution < 1.29 is 4.79 Å². The van der Waals surface area contributed by atoms with Gasteiger partial charge in [0.15, 0.2) is 5.78 Å². The number of rotatable bonds is 1. The lowest BCUT2D eigenvalue weighted by molar-refractivity contribution is 0.0972. The second kappa shape index (κ2) is 5.40. The van der Waals surface area contributed by atoms with Gasteiger partial charge in [0, 0.05) is 22.6 Å². The smallest absolute Gasteiger partial charge is 0.163 e. The number of halogens is 3. The molecule has 0 fully saturated rings. The zero-order valence-corrected chi connectivity index (χ0v) is 12.8. The molecule has 102 valence electrons. The van der Waals surface area contributed by atoms with Gasteiger partial charge in [0.05, 0.1) is 10.0 Å². The molecule has 2 aromatic carbocycles. The Morgan fingerprint density at radius 3 is 2.25 bits per heavy atom. The molecular weight excluding hydrogens is 315 g/mol.